The molecular weight excluding hydrogens is 534 g/mol. The van der Waals surface area contributed by atoms with Crippen LogP contribution in [0.4, 0.5) is 5.00 Å². The van der Waals surface area contributed by atoms with Gasteiger partial charge in [-0.25, -0.2) is 4.98 Å². The number of hydrogen-bond acceptors (Lipinski definition) is 4. The van der Waals surface area contributed by atoms with Crippen LogP contribution in [0.2, 0.25) is 0 Å². The minimum Gasteiger partial charge on any atom is -0.330 e. The number of rotatable bonds is 7. The summed E-state index contributed by atoms with van der Waals surface area (Å²) in [7, 11) is 0. The molecule has 0 amide bonds. The number of nitrogens with one attached hydrogen (secondary N) is 1. The molecule has 2 heterocycles. The number of thiophene rings is 1. The number of amidine groups is 1. The van der Waals surface area contributed by atoms with Gasteiger partial charge in [0.1, 0.15) is 21.5 Å². The van der Waals surface area contributed by atoms with E-state index in [1.165, 1.54) is 10.4 Å². The summed E-state index contributed by atoms with van der Waals surface area (Å²) >= 11 is 6.98. The van der Waals surface area contributed by atoms with Crippen molar-refractivity contribution >= 4 is 49.4 Å². The fraction of sp³-hybridized carbons (Fsp3) is 0.103. The molecule has 5 rings (SSSR count). The van der Waals surface area contributed by atoms with Gasteiger partial charge < -0.3 is 5.32 Å². The van der Waals surface area contributed by atoms with Crippen molar-refractivity contribution in [2.75, 3.05) is 11.9 Å². The molecule has 1 N–H and O–H groups in total. The Morgan fingerprint density at radius 2 is 1.66 bits per heavy atom. The normalized spacial score (nSPS) is 11.5. The molecule has 0 saturated heterocycles. The predicted octanol–water partition coefficient (Wildman–Crippen LogP) is 8.71. The summed E-state index contributed by atoms with van der Waals surface area (Å²) in [5.41, 5.74) is 5.41. The first kappa shape index (κ1) is 23.7. The van der Waals surface area contributed by atoms with Crippen molar-refractivity contribution in [2.45, 2.75) is 13.3 Å². The maximum absolute atomic E-state index is 5.06. The van der Waals surface area contributed by atoms with Crippen molar-refractivity contribution in [3.63, 3.8) is 0 Å². The van der Waals surface area contributed by atoms with Crippen molar-refractivity contribution in [3.05, 3.63) is 117 Å². The summed E-state index contributed by atoms with van der Waals surface area (Å²) in [4.78, 5) is 11.4. The number of aromatic nitrogens is 1. The van der Waals surface area contributed by atoms with Crippen LogP contribution < -0.4 is 5.32 Å². The largest absolute Gasteiger partial charge is 0.330 e. The van der Waals surface area contributed by atoms with Crippen LogP contribution >= 0.6 is 38.6 Å². The van der Waals surface area contributed by atoms with Crippen molar-refractivity contribution in [1.82, 2.24) is 4.98 Å². The van der Waals surface area contributed by atoms with E-state index in [0.29, 0.717) is 6.54 Å². The van der Waals surface area contributed by atoms with Crippen molar-refractivity contribution < 1.29 is 0 Å². The van der Waals surface area contributed by atoms with Crippen LogP contribution in [0.1, 0.15) is 16.0 Å². The summed E-state index contributed by atoms with van der Waals surface area (Å²) in [5, 5.41) is 7.75. The number of nitrogens with zero attached hydrogens (tertiary/aromatic N) is 2. The summed E-state index contributed by atoms with van der Waals surface area (Å²) in [6.45, 7) is 2.81. The Morgan fingerprint density at radius 3 is 2.37 bits per heavy atom. The first-order valence-corrected chi connectivity index (χ1v) is 13.9. The number of hydrogen-bond donors (Lipinski definition) is 1. The number of halogens is 1. The molecule has 2 aromatic heterocycles. The van der Waals surface area contributed by atoms with E-state index in [9.17, 15) is 0 Å². The van der Waals surface area contributed by atoms with Gasteiger partial charge in [0.05, 0.1) is 0 Å². The topological polar surface area (TPSA) is 37.3 Å². The molecule has 0 radical (unpaired) electrons. The van der Waals surface area contributed by atoms with Gasteiger partial charge >= 0.3 is 0 Å². The van der Waals surface area contributed by atoms with Gasteiger partial charge in [-0.1, -0.05) is 106 Å². The maximum Gasteiger partial charge on any atom is 0.133 e. The molecule has 0 aliphatic heterocycles. The highest BCUT2D eigenvalue weighted by molar-refractivity contribution is 9.10. The molecule has 174 valence electrons. The zero-order valence-corrected chi connectivity index (χ0v) is 22.5. The summed E-state index contributed by atoms with van der Waals surface area (Å²) in [6, 6.07) is 31.4. The molecular formula is C29H24BrN3S2. The fourth-order valence-corrected chi connectivity index (χ4v) is 5.62. The smallest absolute Gasteiger partial charge is 0.133 e. The minimum atomic E-state index is 0.711. The van der Waals surface area contributed by atoms with E-state index in [2.05, 4.69) is 118 Å². The Balaban J connectivity index is 1.53. The van der Waals surface area contributed by atoms with Crippen molar-refractivity contribution in [2.24, 2.45) is 4.99 Å². The number of benzene rings is 3. The van der Waals surface area contributed by atoms with E-state index >= 15 is 0 Å². The lowest BCUT2D eigenvalue weighted by Gasteiger charge is -2.11. The Hall–Kier alpha value is -3.06. The zero-order valence-electron chi connectivity index (χ0n) is 19.2. The van der Waals surface area contributed by atoms with Gasteiger partial charge in [-0.05, 0) is 30.5 Å². The molecule has 5 aromatic rings. The van der Waals surface area contributed by atoms with Crippen molar-refractivity contribution in [3.8, 4) is 21.8 Å². The second kappa shape index (κ2) is 11.1. The lowest BCUT2D eigenvalue weighted by atomic mass is 10.1. The van der Waals surface area contributed by atoms with E-state index in [0.717, 1.165) is 49.1 Å². The third-order valence-electron chi connectivity index (χ3n) is 5.53. The quantitative estimate of drug-likeness (QED) is 0.160. The molecule has 3 nitrogen and oxygen atoms in total. The third kappa shape index (κ3) is 5.96. The molecule has 0 atom stereocenters. The molecule has 0 spiro atoms. The van der Waals surface area contributed by atoms with E-state index in [-0.39, 0.29) is 0 Å². The minimum absolute atomic E-state index is 0.711. The summed E-state index contributed by atoms with van der Waals surface area (Å²) in [6.07, 6.45) is 0.919. The Kier molecular flexibility index (Phi) is 7.52. The SMILES string of the molecule is Cc1ccc(-c2nc(-c3ccccc3)sc2NC(=NCCc2cccs2)c2ccc(Br)cc2)cc1. The lowest BCUT2D eigenvalue weighted by Crippen LogP contribution is -2.14. The Morgan fingerprint density at radius 1 is 0.886 bits per heavy atom. The van der Waals surface area contributed by atoms with Gasteiger partial charge in [0.25, 0.3) is 0 Å². The van der Waals surface area contributed by atoms with Crippen LogP contribution in [0.25, 0.3) is 21.8 Å². The fourth-order valence-electron chi connectivity index (χ4n) is 3.67. The standard InChI is InChI=1S/C29H24BrN3S2/c1-20-9-11-21(12-10-20)26-29(35-28(32-26)23-6-3-2-4-7-23)33-27(22-13-15-24(30)16-14-22)31-18-17-25-8-5-19-34-25/h2-16,19H,17-18H2,1H3,(H,31,33). The molecule has 3 aromatic carbocycles. The second-order valence-corrected chi connectivity index (χ2v) is 11.1. The van der Waals surface area contributed by atoms with Gasteiger partial charge in [-0.2, -0.15) is 0 Å². The molecule has 0 aliphatic carbocycles. The average Bonchev–Trinajstić information content (AvgIpc) is 3.55. The zero-order chi connectivity index (χ0) is 24.0. The number of anilines is 1. The first-order valence-electron chi connectivity index (χ1n) is 11.4. The van der Waals surface area contributed by atoms with Gasteiger partial charge in [0.15, 0.2) is 0 Å². The van der Waals surface area contributed by atoms with Crippen LogP contribution in [0.15, 0.2) is 106 Å². The molecule has 35 heavy (non-hydrogen) atoms. The van der Waals surface area contributed by atoms with Gasteiger partial charge in [-0.3, -0.25) is 4.99 Å². The highest BCUT2D eigenvalue weighted by Gasteiger charge is 2.17. The Bertz CT molecular complexity index is 1410. The van der Waals surface area contributed by atoms with Crippen LogP contribution in [-0.2, 0) is 6.42 Å². The summed E-state index contributed by atoms with van der Waals surface area (Å²) in [5.74, 6) is 0.852. The first-order chi connectivity index (χ1) is 17.2. The third-order valence-corrected chi connectivity index (χ3v) is 8.02. The van der Waals surface area contributed by atoms with E-state index in [1.54, 1.807) is 22.7 Å². The van der Waals surface area contributed by atoms with Crippen LogP contribution in [0, 0.1) is 6.92 Å². The second-order valence-electron chi connectivity index (χ2n) is 8.12. The lowest BCUT2D eigenvalue weighted by molar-refractivity contribution is 0.987. The van der Waals surface area contributed by atoms with Gasteiger partial charge in [0.2, 0.25) is 0 Å². The monoisotopic (exact) mass is 557 g/mol. The van der Waals surface area contributed by atoms with Crippen LogP contribution in [0.5, 0.6) is 0 Å². The molecule has 0 aliphatic rings. The van der Waals surface area contributed by atoms with E-state index in [4.69, 9.17) is 9.98 Å². The molecule has 0 saturated carbocycles. The van der Waals surface area contributed by atoms with E-state index in [1.807, 2.05) is 6.07 Å². The maximum atomic E-state index is 5.06. The molecule has 0 unspecified atom stereocenters. The average molecular weight is 559 g/mol. The highest BCUT2D eigenvalue weighted by Crippen LogP contribution is 2.38. The summed E-state index contributed by atoms with van der Waals surface area (Å²) < 4.78 is 1.05. The molecule has 0 fully saturated rings. The van der Waals surface area contributed by atoms with Crippen molar-refractivity contribution in [1.29, 1.82) is 0 Å². The number of aliphatic imine (C=N–C) groups is 1. The Labute approximate surface area is 222 Å². The molecule has 6 heteroatoms. The van der Waals surface area contributed by atoms with Gasteiger partial charge in [0, 0.05) is 39.0 Å². The highest BCUT2D eigenvalue weighted by atomic mass is 79.9. The van der Waals surface area contributed by atoms with E-state index < -0.39 is 0 Å². The van der Waals surface area contributed by atoms with Gasteiger partial charge in [-0.15, -0.1) is 11.3 Å². The molecule has 0 bridgehead atoms. The predicted molar refractivity (Wildman–Crippen MR) is 155 cm³/mol. The number of aryl methyl sites for hydroxylation is 1. The van der Waals surface area contributed by atoms with Crippen LogP contribution in [-0.4, -0.2) is 17.4 Å². The number of thiazole rings is 1. The van der Waals surface area contributed by atoms with Crippen LogP contribution in [0.3, 0.4) is 0 Å².